The molecule has 0 aliphatic heterocycles. The highest BCUT2D eigenvalue weighted by atomic mass is 16.5. The Morgan fingerprint density at radius 3 is 1.13 bits per heavy atom. The summed E-state index contributed by atoms with van der Waals surface area (Å²) in [7, 11) is 0. The Bertz CT molecular complexity index is 1190. The molecular weight excluding hydrogens is 827 g/mol. The van der Waals surface area contributed by atoms with E-state index in [1.165, 1.54) is 173 Å². The van der Waals surface area contributed by atoms with Crippen LogP contribution in [0.2, 0.25) is 0 Å². The zero-order chi connectivity index (χ0) is 48.8. The first-order chi connectivity index (χ1) is 33.0. The summed E-state index contributed by atoms with van der Waals surface area (Å²) in [6.45, 7) is 6.38. The Morgan fingerprint density at radius 2 is 0.776 bits per heavy atom. The Kier molecular flexibility index (Phi) is 52.5. The highest BCUT2D eigenvalue weighted by Gasteiger charge is 2.23. The van der Waals surface area contributed by atoms with Crippen molar-refractivity contribution in [2.45, 2.75) is 309 Å². The lowest BCUT2D eigenvalue weighted by Gasteiger charge is -2.24. The van der Waals surface area contributed by atoms with E-state index in [-0.39, 0.29) is 24.9 Å². The number of aliphatic hydroxyl groups is 2. The molecule has 0 radical (unpaired) electrons. The van der Waals surface area contributed by atoms with Crippen LogP contribution in [0.25, 0.3) is 0 Å². The average molecular weight is 939 g/mol. The molecule has 0 fully saturated rings. The zero-order valence-corrected chi connectivity index (χ0v) is 44.5. The van der Waals surface area contributed by atoms with Gasteiger partial charge in [-0.3, -0.25) is 9.59 Å². The van der Waals surface area contributed by atoms with Gasteiger partial charge in [0.25, 0.3) is 0 Å². The van der Waals surface area contributed by atoms with Crippen molar-refractivity contribution in [1.82, 2.24) is 5.32 Å². The number of hydrogen-bond acceptors (Lipinski definition) is 5. The first kappa shape index (κ1) is 64.6. The molecule has 0 aliphatic rings. The van der Waals surface area contributed by atoms with Crippen molar-refractivity contribution in [1.29, 1.82) is 0 Å². The van der Waals surface area contributed by atoms with Crippen LogP contribution in [0.3, 0.4) is 0 Å². The van der Waals surface area contributed by atoms with Crippen LogP contribution in [0.1, 0.15) is 290 Å². The van der Waals surface area contributed by atoms with Gasteiger partial charge in [-0.05, 0) is 44.9 Å². The van der Waals surface area contributed by atoms with E-state index in [1.807, 2.05) is 6.08 Å². The molecule has 3 N–H and O–H groups in total. The minimum Gasteiger partial charge on any atom is -0.461 e. The van der Waals surface area contributed by atoms with Crippen molar-refractivity contribution >= 4 is 11.9 Å². The van der Waals surface area contributed by atoms with Crippen LogP contribution in [0.15, 0.2) is 60.8 Å². The van der Waals surface area contributed by atoms with E-state index in [9.17, 15) is 19.8 Å². The third-order valence-corrected chi connectivity index (χ3v) is 13.1. The number of rotatable bonds is 52. The second-order valence-corrected chi connectivity index (χ2v) is 19.7. The van der Waals surface area contributed by atoms with Crippen molar-refractivity contribution in [3.05, 3.63) is 60.8 Å². The molecule has 0 spiro atoms. The minimum absolute atomic E-state index is 0.00136. The van der Waals surface area contributed by atoms with Crippen LogP contribution >= 0.6 is 0 Å². The fourth-order valence-corrected chi connectivity index (χ4v) is 8.75. The van der Waals surface area contributed by atoms with Crippen LogP contribution in [0, 0.1) is 0 Å². The summed E-state index contributed by atoms with van der Waals surface area (Å²) in [4.78, 5) is 26.2. The molecular formula is C61H111NO5. The van der Waals surface area contributed by atoms with E-state index in [2.05, 4.69) is 80.8 Å². The maximum Gasteiger partial charge on any atom is 0.306 e. The molecule has 67 heavy (non-hydrogen) atoms. The largest absolute Gasteiger partial charge is 0.461 e. The summed E-state index contributed by atoms with van der Waals surface area (Å²) >= 11 is 0. The van der Waals surface area contributed by atoms with Gasteiger partial charge in [0, 0.05) is 12.8 Å². The first-order valence-corrected chi connectivity index (χ1v) is 29.0. The quantitative estimate of drug-likeness (QED) is 0.0321. The first-order valence-electron chi connectivity index (χ1n) is 29.0. The lowest BCUT2D eigenvalue weighted by atomic mass is 10.0. The van der Waals surface area contributed by atoms with Crippen molar-refractivity contribution < 1.29 is 24.5 Å². The van der Waals surface area contributed by atoms with Gasteiger partial charge in [0.05, 0.1) is 25.2 Å². The number of esters is 1. The molecule has 3 unspecified atom stereocenters. The van der Waals surface area contributed by atoms with Crippen LogP contribution < -0.4 is 5.32 Å². The molecule has 0 bridgehead atoms. The van der Waals surface area contributed by atoms with Crippen LogP contribution in [-0.4, -0.2) is 46.9 Å². The predicted molar refractivity (Wildman–Crippen MR) is 292 cm³/mol. The molecule has 1 amide bonds. The van der Waals surface area contributed by atoms with Gasteiger partial charge in [-0.25, -0.2) is 0 Å². The molecule has 0 heterocycles. The number of nitrogens with one attached hydrogen (secondary N) is 1. The normalized spacial score (nSPS) is 13.6. The molecule has 390 valence electrons. The van der Waals surface area contributed by atoms with Gasteiger partial charge in [-0.15, -0.1) is 0 Å². The number of aliphatic hydroxyl groups excluding tert-OH is 2. The van der Waals surface area contributed by atoms with Gasteiger partial charge in [0.15, 0.2) is 0 Å². The molecule has 0 aromatic rings. The van der Waals surface area contributed by atoms with E-state index in [0.29, 0.717) is 19.3 Å². The van der Waals surface area contributed by atoms with Crippen LogP contribution in [0.5, 0.6) is 0 Å². The van der Waals surface area contributed by atoms with Crippen molar-refractivity contribution in [2.75, 3.05) is 6.61 Å². The van der Waals surface area contributed by atoms with Crippen molar-refractivity contribution in [2.24, 2.45) is 0 Å². The predicted octanol–water partition coefficient (Wildman–Crippen LogP) is 18.0. The molecule has 6 nitrogen and oxygen atoms in total. The van der Waals surface area contributed by atoms with E-state index >= 15 is 0 Å². The second kappa shape index (κ2) is 54.5. The van der Waals surface area contributed by atoms with Gasteiger partial charge >= 0.3 is 5.97 Å². The maximum absolute atomic E-state index is 13.2. The minimum atomic E-state index is -0.813. The van der Waals surface area contributed by atoms with Gasteiger partial charge < -0.3 is 20.3 Å². The SMILES string of the molecule is CC/C=C\C/C=C\C/C=C\C/C=C\C/C=C\CC(CC(=O)NC(CO)C(O)CCCCCCCCCCCCCCCCCC)OC(=O)CCCCCCCCCCCCCCCCCCC. The number of unbranched alkanes of at least 4 members (excludes halogenated alkanes) is 31. The number of carbonyl (C=O) groups excluding carboxylic acids is 2. The highest BCUT2D eigenvalue weighted by molar-refractivity contribution is 5.77. The monoisotopic (exact) mass is 938 g/mol. The molecule has 0 rings (SSSR count). The Balaban J connectivity index is 4.62. The number of amides is 1. The fraction of sp³-hybridized carbons (Fsp3) is 0.803. The maximum atomic E-state index is 13.2. The van der Waals surface area contributed by atoms with Gasteiger partial charge in [0.2, 0.25) is 5.91 Å². The number of hydrogen-bond donors (Lipinski definition) is 3. The molecule has 0 aromatic heterocycles. The third kappa shape index (κ3) is 49.8. The second-order valence-electron chi connectivity index (χ2n) is 19.7. The summed E-state index contributed by atoms with van der Waals surface area (Å²) in [5.74, 6) is -0.568. The molecule has 0 aromatic carbocycles. The number of allylic oxidation sites excluding steroid dienone is 9. The van der Waals surface area contributed by atoms with Gasteiger partial charge in [-0.2, -0.15) is 0 Å². The fourth-order valence-electron chi connectivity index (χ4n) is 8.75. The molecule has 6 heteroatoms. The van der Waals surface area contributed by atoms with E-state index in [1.54, 1.807) is 0 Å². The van der Waals surface area contributed by atoms with E-state index in [0.717, 1.165) is 70.6 Å². The molecule has 3 atom stereocenters. The number of ether oxygens (including phenoxy) is 1. The summed E-state index contributed by atoms with van der Waals surface area (Å²) in [5.41, 5.74) is 0. The molecule has 0 aliphatic carbocycles. The van der Waals surface area contributed by atoms with Crippen LogP contribution in [0.4, 0.5) is 0 Å². The smallest absolute Gasteiger partial charge is 0.306 e. The van der Waals surface area contributed by atoms with Crippen molar-refractivity contribution in [3.8, 4) is 0 Å². The summed E-state index contributed by atoms with van der Waals surface area (Å²) in [5, 5.41) is 23.8. The van der Waals surface area contributed by atoms with Crippen molar-refractivity contribution in [3.63, 3.8) is 0 Å². The van der Waals surface area contributed by atoms with Crippen LogP contribution in [-0.2, 0) is 14.3 Å². The Hall–Kier alpha value is -2.44. The average Bonchev–Trinajstić information content (AvgIpc) is 3.32. The summed E-state index contributed by atoms with van der Waals surface area (Å²) in [6.07, 6.45) is 68.8. The lowest BCUT2D eigenvalue weighted by Crippen LogP contribution is -2.46. The Morgan fingerprint density at radius 1 is 0.448 bits per heavy atom. The van der Waals surface area contributed by atoms with Gasteiger partial charge in [0.1, 0.15) is 6.10 Å². The molecule has 0 saturated carbocycles. The number of carbonyl (C=O) groups is 2. The third-order valence-electron chi connectivity index (χ3n) is 13.1. The summed E-state index contributed by atoms with van der Waals surface area (Å²) in [6, 6.07) is -0.733. The van der Waals surface area contributed by atoms with E-state index < -0.39 is 18.2 Å². The zero-order valence-electron chi connectivity index (χ0n) is 44.5. The molecule has 0 saturated heterocycles. The summed E-state index contributed by atoms with van der Waals surface area (Å²) < 4.78 is 5.90. The van der Waals surface area contributed by atoms with E-state index in [4.69, 9.17) is 4.74 Å². The topological polar surface area (TPSA) is 95.9 Å². The Labute approximate surface area is 416 Å². The van der Waals surface area contributed by atoms with Gasteiger partial charge in [-0.1, -0.05) is 287 Å². The highest BCUT2D eigenvalue weighted by Crippen LogP contribution is 2.18. The lowest BCUT2D eigenvalue weighted by molar-refractivity contribution is -0.150. The standard InChI is InChI=1S/C61H111NO5/c1-4-7-10-13-16-19-22-25-28-30-33-36-39-42-45-48-51-54-61(66)67-57(52-49-46-43-40-37-34-31-27-24-21-18-15-12-9-6-3)55-60(65)62-58(56-63)59(64)53-50-47-44-41-38-35-32-29-26-23-20-17-14-11-8-5-2/h9,12,18,21,27,31,37,40,46,49,57-59,63-64H,4-8,10-11,13-17,19-20,22-26,28-30,32-36,38-39,41-45,47-48,50-56H2,1-3H3,(H,62,65)/b12-9-,21-18-,31-27-,40-37-,49-46-.